The molecule has 6 heteroatoms. The molecule has 2 fully saturated rings. The number of carbonyl (C=O) groups is 1. The summed E-state index contributed by atoms with van der Waals surface area (Å²) in [6.07, 6.45) is 4.34. The lowest BCUT2D eigenvalue weighted by atomic mass is 9.87. The van der Waals surface area contributed by atoms with Gasteiger partial charge in [-0.25, -0.2) is 4.98 Å². The molecule has 0 saturated carbocycles. The molecule has 148 valence electrons. The maximum absolute atomic E-state index is 12.8. The van der Waals surface area contributed by atoms with Crippen LogP contribution in [0.25, 0.3) is 0 Å². The number of rotatable bonds is 4. The van der Waals surface area contributed by atoms with Gasteiger partial charge in [0.05, 0.1) is 30.9 Å². The van der Waals surface area contributed by atoms with Crippen LogP contribution in [0.2, 0.25) is 0 Å². The number of likely N-dealkylation sites (tertiary alicyclic amines) is 1. The second-order valence-electron chi connectivity index (χ2n) is 7.68. The van der Waals surface area contributed by atoms with Crippen LogP contribution in [0.3, 0.4) is 0 Å². The molecule has 2 saturated heterocycles. The smallest absolute Gasteiger partial charge is 0.255 e. The Labute approximate surface area is 166 Å². The van der Waals surface area contributed by atoms with E-state index in [2.05, 4.69) is 41.2 Å². The summed E-state index contributed by atoms with van der Waals surface area (Å²) in [6.45, 7) is 2.17. The van der Waals surface area contributed by atoms with Crippen LogP contribution in [0.4, 0.5) is 5.69 Å². The highest BCUT2D eigenvalue weighted by Crippen LogP contribution is 2.38. The minimum atomic E-state index is -0.108. The summed E-state index contributed by atoms with van der Waals surface area (Å²) < 4.78 is 11.4. The summed E-state index contributed by atoms with van der Waals surface area (Å²) in [7, 11) is 3.70. The van der Waals surface area contributed by atoms with Crippen molar-refractivity contribution in [2.75, 3.05) is 38.8 Å². The number of nitrogens with zero attached hydrogens (tertiary/aromatic N) is 3. The Balaban J connectivity index is 1.35. The molecular formula is C22H27N3O3. The number of benzene rings is 1. The second-order valence-corrected chi connectivity index (χ2v) is 7.68. The van der Waals surface area contributed by atoms with E-state index >= 15 is 0 Å². The molecule has 2 aromatic rings. The van der Waals surface area contributed by atoms with Gasteiger partial charge in [0.15, 0.2) is 0 Å². The number of methoxy groups -OCH3 is 1. The fraction of sp³-hybridized carbons (Fsp3) is 0.455. The Morgan fingerprint density at radius 3 is 2.61 bits per heavy atom. The number of hydrogen-bond donors (Lipinski definition) is 0. The lowest BCUT2D eigenvalue weighted by Gasteiger charge is -2.39. The number of pyridine rings is 1. The van der Waals surface area contributed by atoms with Gasteiger partial charge in [0.1, 0.15) is 0 Å². The predicted octanol–water partition coefficient (Wildman–Crippen LogP) is 2.99. The Bertz CT molecular complexity index is 802. The molecule has 1 amide bonds. The van der Waals surface area contributed by atoms with Crippen LogP contribution in [-0.2, 0) is 4.74 Å². The third-order valence-electron chi connectivity index (χ3n) is 6.06. The predicted molar refractivity (Wildman–Crippen MR) is 108 cm³/mol. The van der Waals surface area contributed by atoms with Crippen LogP contribution < -0.4 is 9.64 Å². The summed E-state index contributed by atoms with van der Waals surface area (Å²) in [5, 5.41) is 0. The number of amides is 1. The van der Waals surface area contributed by atoms with Crippen molar-refractivity contribution in [3.63, 3.8) is 0 Å². The van der Waals surface area contributed by atoms with Crippen LogP contribution in [0.1, 0.15) is 29.6 Å². The fourth-order valence-electron chi connectivity index (χ4n) is 4.22. The van der Waals surface area contributed by atoms with Gasteiger partial charge in [0, 0.05) is 38.1 Å². The van der Waals surface area contributed by atoms with Crippen LogP contribution in [0.15, 0.2) is 48.7 Å². The van der Waals surface area contributed by atoms with Crippen molar-refractivity contribution in [1.82, 2.24) is 9.88 Å². The molecule has 1 aromatic carbocycles. The second kappa shape index (κ2) is 7.80. The Morgan fingerprint density at radius 2 is 1.96 bits per heavy atom. The van der Waals surface area contributed by atoms with Gasteiger partial charge in [-0.1, -0.05) is 18.2 Å². The first-order chi connectivity index (χ1) is 13.6. The van der Waals surface area contributed by atoms with Crippen LogP contribution in [0.5, 0.6) is 5.88 Å². The Morgan fingerprint density at radius 1 is 1.21 bits per heavy atom. The zero-order valence-electron chi connectivity index (χ0n) is 16.5. The number of aromatic nitrogens is 1. The largest absolute Gasteiger partial charge is 0.481 e. The van der Waals surface area contributed by atoms with E-state index in [9.17, 15) is 4.79 Å². The third kappa shape index (κ3) is 3.69. The SMILES string of the molecule is COc1ccc(C(=O)N2CCC3(CC2)C[C@@H](N(C)c2ccccc2)CO3)cn1. The van der Waals surface area contributed by atoms with Crippen molar-refractivity contribution in [2.24, 2.45) is 0 Å². The van der Waals surface area contributed by atoms with Gasteiger partial charge < -0.3 is 19.3 Å². The van der Waals surface area contributed by atoms with Gasteiger partial charge in [-0.15, -0.1) is 0 Å². The maximum atomic E-state index is 12.8. The summed E-state index contributed by atoms with van der Waals surface area (Å²) in [5.41, 5.74) is 1.71. The van der Waals surface area contributed by atoms with Crippen molar-refractivity contribution >= 4 is 11.6 Å². The molecule has 4 rings (SSSR count). The number of piperidine rings is 1. The maximum Gasteiger partial charge on any atom is 0.255 e. The molecule has 3 heterocycles. The Kier molecular flexibility index (Phi) is 5.22. The molecule has 1 aromatic heterocycles. The van der Waals surface area contributed by atoms with Gasteiger partial charge in [0.2, 0.25) is 5.88 Å². The van der Waals surface area contributed by atoms with Crippen molar-refractivity contribution < 1.29 is 14.3 Å². The highest BCUT2D eigenvalue weighted by atomic mass is 16.5. The standard InChI is InChI=1S/C22H27N3O3/c1-24(18-6-4-3-5-7-18)19-14-22(28-16-19)10-12-25(13-11-22)21(26)17-8-9-20(27-2)23-15-17/h3-9,15,19H,10-14,16H2,1-2H3/t19-/m1/s1. The van der Waals surface area contributed by atoms with E-state index in [1.54, 1.807) is 25.4 Å². The molecule has 28 heavy (non-hydrogen) atoms. The molecular weight excluding hydrogens is 354 g/mol. The minimum absolute atomic E-state index is 0.0287. The van der Waals surface area contributed by atoms with Gasteiger partial charge in [-0.2, -0.15) is 0 Å². The fourth-order valence-corrected chi connectivity index (χ4v) is 4.22. The lowest BCUT2D eigenvalue weighted by molar-refractivity contribution is -0.0388. The highest BCUT2D eigenvalue weighted by Gasteiger charge is 2.44. The minimum Gasteiger partial charge on any atom is -0.481 e. The van der Waals surface area contributed by atoms with E-state index in [0.717, 1.165) is 25.9 Å². The van der Waals surface area contributed by atoms with Gasteiger partial charge in [0.25, 0.3) is 5.91 Å². The summed E-state index contributed by atoms with van der Waals surface area (Å²) in [6, 6.07) is 14.3. The van der Waals surface area contributed by atoms with E-state index in [0.29, 0.717) is 30.6 Å². The first-order valence-corrected chi connectivity index (χ1v) is 9.81. The number of para-hydroxylation sites is 1. The first-order valence-electron chi connectivity index (χ1n) is 9.81. The first kappa shape index (κ1) is 18.7. The number of ether oxygens (including phenoxy) is 2. The van der Waals surface area contributed by atoms with Crippen molar-refractivity contribution in [2.45, 2.75) is 30.9 Å². The number of likely N-dealkylation sites (N-methyl/N-ethyl adjacent to an activating group) is 1. The molecule has 2 aliphatic rings. The lowest BCUT2D eigenvalue weighted by Crippen LogP contribution is -2.47. The van der Waals surface area contributed by atoms with Crippen LogP contribution in [0, 0.1) is 0 Å². The average molecular weight is 381 g/mol. The molecule has 0 unspecified atom stereocenters. The summed E-state index contributed by atoms with van der Waals surface area (Å²) in [5.74, 6) is 0.544. The zero-order chi connectivity index (χ0) is 19.6. The van der Waals surface area contributed by atoms with Crippen LogP contribution in [-0.4, -0.2) is 61.3 Å². The van der Waals surface area contributed by atoms with E-state index in [-0.39, 0.29) is 11.5 Å². The molecule has 2 aliphatic heterocycles. The average Bonchev–Trinajstić information content (AvgIpc) is 3.17. The Hall–Kier alpha value is -2.60. The summed E-state index contributed by atoms with van der Waals surface area (Å²) >= 11 is 0. The molecule has 1 atom stereocenters. The van der Waals surface area contributed by atoms with Crippen molar-refractivity contribution in [1.29, 1.82) is 0 Å². The summed E-state index contributed by atoms with van der Waals surface area (Å²) in [4.78, 5) is 21.1. The van der Waals surface area contributed by atoms with E-state index in [4.69, 9.17) is 9.47 Å². The molecule has 0 bridgehead atoms. The quantitative estimate of drug-likeness (QED) is 0.815. The molecule has 0 radical (unpaired) electrons. The monoisotopic (exact) mass is 381 g/mol. The molecule has 0 N–H and O–H groups in total. The molecule has 1 spiro atoms. The topological polar surface area (TPSA) is 54.9 Å². The highest BCUT2D eigenvalue weighted by molar-refractivity contribution is 5.94. The number of anilines is 1. The van der Waals surface area contributed by atoms with Crippen LogP contribution >= 0.6 is 0 Å². The molecule has 6 nitrogen and oxygen atoms in total. The third-order valence-corrected chi connectivity index (χ3v) is 6.06. The van der Waals surface area contributed by atoms with E-state index < -0.39 is 0 Å². The van der Waals surface area contributed by atoms with Gasteiger partial charge in [-0.3, -0.25) is 4.79 Å². The molecule has 0 aliphatic carbocycles. The van der Waals surface area contributed by atoms with Gasteiger partial charge >= 0.3 is 0 Å². The van der Waals surface area contributed by atoms with Gasteiger partial charge in [-0.05, 0) is 37.5 Å². The number of hydrogen-bond acceptors (Lipinski definition) is 5. The zero-order valence-corrected chi connectivity index (χ0v) is 16.5. The number of carbonyl (C=O) groups excluding carboxylic acids is 1. The van der Waals surface area contributed by atoms with E-state index in [1.807, 2.05) is 11.0 Å². The van der Waals surface area contributed by atoms with Crippen molar-refractivity contribution in [3.8, 4) is 5.88 Å². The van der Waals surface area contributed by atoms with Crippen molar-refractivity contribution in [3.05, 3.63) is 54.2 Å². The van der Waals surface area contributed by atoms with E-state index in [1.165, 1.54) is 5.69 Å². The normalized spacial score (nSPS) is 20.9.